The van der Waals surface area contributed by atoms with E-state index in [1.165, 1.54) is 11.3 Å². The molecule has 0 aliphatic rings. The van der Waals surface area contributed by atoms with Crippen molar-refractivity contribution < 1.29 is 0 Å². The molecule has 1 unspecified atom stereocenters. The van der Waals surface area contributed by atoms with Gasteiger partial charge in [0.1, 0.15) is 11.0 Å². The molecule has 27 heavy (non-hydrogen) atoms. The molecule has 1 aromatic carbocycles. The van der Waals surface area contributed by atoms with Crippen LogP contribution in [0.5, 0.6) is 0 Å². The Morgan fingerprint density at radius 1 is 1.26 bits per heavy atom. The minimum atomic E-state index is 0.00197. The molecule has 3 aromatic heterocycles. The predicted octanol–water partition coefficient (Wildman–Crippen LogP) is 4.75. The molecule has 3 heterocycles. The van der Waals surface area contributed by atoms with E-state index in [2.05, 4.69) is 41.6 Å². The predicted molar refractivity (Wildman–Crippen MR) is 110 cm³/mol. The van der Waals surface area contributed by atoms with Gasteiger partial charge in [-0.25, -0.2) is 0 Å². The van der Waals surface area contributed by atoms with Gasteiger partial charge in [0, 0.05) is 23.5 Å². The normalized spacial score (nSPS) is 12.3. The number of hydrogen-bond acceptors (Lipinski definition) is 6. The van der Waals surface area contributed by atoms with Crippen molar-refractivity contribution in [3.8, 4) is 0 Å². The summed E-state index contributed by atoms with van der Waals surface area (Å²) in [5.41, 5.74) is 1.02. The van der Waals surface area contributed by atoms with Crippen molar-refractivity contribution in [2.45, 2.75) is 19.5 Å². The van der Waals surface area contributed by atoms with Crippen molar-refractivity contribution >= 4 is 49.8 Å². The van der Waals surface area contributed by atoms with E-state index in [1.54, 1.807) is 6.20 Å². The lowest BCUT2D eigenvalue weighted by Gasteiger charge is -2.06. The maximum atomic E-state index is 6.21. The molecule has 10 heteroatoms. The van der Waals surface area contributed by atoms with E-state index in [1.807, 2.05) is 59.0 Å². The molecule has 0 aliphatic heterocycles. The first kappa shape index (κ1) is 18.1. The summed E-state index contributed by atoms with van der Waals surface area (Å²) in [6, 6.07) is 9.64. The third-order valence-corrected chi connectivity index (χ3v) is 5.72. The summed E-state index contributed by atoms with van der Waals surface area (Å²) < 4.78 is 4.60. The van der Waals surface area contributed by atoms with Gasteiger partial charge in [-0.1, -0.05) is 41.1 Å². The summed E-state index contributed by atoms with van der Waals surface area (Å²) in [5.74, 6) is 0.708. The van der Waals surface area contributed by atoms with E-state index in [0.717, 1.165) is 20.1 Å². The van der Waals surface area contributed by atoms with Gasteiger partial charge in [-0.05, 0) is 34.5 Å². The molecule has 7 nitrogen and oxygen atoms in total. The summed E-state index contributed by atoms with van der Waals surface area (Å²) in [5, 5.41) is 22.8. The minimum absolute atomic E-state index is 0.00197. The maximum Gasteiger partial charge on any atom is 0.211 e. The first-order valence-electron chi connectivity index (χ1n) is 8.15. The molecule has 1 N–H and O–H groups in total. The highest BCUT2D eigenvalue weighted by atomic mass is 79.9. The third kappa shape index (κ3) is 4.20. The molecule has 0 spiro atoms. The van der Waals surface area contributed by atoms with Crippen LogP contribution in [0.3, 0.4) is 0 Å². The lowest BCUT2D eigenvalue weighted by Crippen LogP contribution is -2.06. The molecular weight excluding hydrogens is 450 g/mol. The zero-order valence-electron chi connectivity index (χ0n) is 14.3. The number of halogens is 2. The molecule has 4 aromatic rings. The zero-order valence-corrected chi connectivity index (χ0v) is 17.4. The second-order valence-corrected chi connectivity index (χ2v) is 8.21. The standard InChI is InChI=1S/C17H15BrClN7S/c1-11(26-10-13(18)8-20-26)16-22-23-17(27-16)21-15-6-7-25(24-15)9-12-4-2-3-5-14(12)19/h2-8,10-11H,9H2,1H3,(H,21,23,24). The number of hydrogen-bond donors (Lipinski definition) is 1. The average Bonchev–Trinajstić information content (AvgIpc) is 3.39. The Morgan fingerprint density at radius 3 is 2.89 bits per heavy atom. The summed E-state index contributed by atoms with van der Waals surface area (Å²) >= 11 is 11.1. The van der Waals surface area contributed by atoms with Crippen molar-refractivity contribution in [1.82, 2.24) is 29.8 Å². The summed E-state index contributed by atoms with van der Waals surface area (Å²) in [7, 11) is 0. The van der Waals surface area contributed by atoms with E-state index in [4.69, 9.17) is 11.6 Å². The Balaban J connectivity index is 1.44. The second kappa shape index (κ2) is 7.79. The second-order valence-electron chi connectivity index (χ2n) is 5.87. The first-order chi connectivity index (χ1) is 13.1. The van der Waals surface area contributed by atoms with E-state index < -0.39 is 0 Å². The van der Waals surface area contributed by atoms with Crippen LogP contribution in [0.25, 0.3) is 0 Å². The molecule has 0 fully saturated rings. The summed E-state index contributed by atoms with van der Waals surface area (Å²) in [6.45, 7) is 2.63. The van der Waals surface area contributed by atoms with Crippen LogP contribution in [0.4, 0.5) is 10.9 Å². The molecular formula is C17H15BrClN7S. The van der Waals surface area contributed by atoms with Crippen molar-refractivity contribution in [2.75, 3.05) is 5.32 Å². The third-order valence-electron chi connectivity index (χ3n) is 3.93. The van der Waals surface area contributed by atoms with Gasteiger partial charge >= 0.3 is 0 Å². The van der Waals surface area contributed by atoms with Gasteiger partial charge in [0.25, 0.3) is 0 Å². The van der Waals surface area contributed by atoms with E-state index >= 15 is 0 Å². The fourth-order valence-electron chi connectivity index (χ4n) is 2.52. The molecule has 0 radical (unpaired) electrons. The van der Waals surface area contributed by atoms with Gasteiger partial charge in [-0.2, -0.15) is 10.2 Å². The van der Waals surface area contributed by atoms with Gasteiger partial charge in [-0.3, -0.25) is 9.36 Å². The quantitative estimate of drug-likeness (QED) is 0.446. The Kier molecular flexibility index (Phi) is 5.24. The highest BCUT2D eigenvalue weighted by Crippen LogP contribution is 2.27. The van der Waals surface area contributed by atoms with Gasteiger partial charge in [0.2, 0.25) is 5.13 Å². The van der Waals surface area contributed by atoms with Gasteiger partial charge in [0.05, 0.1) is 17.2 Å². The summed E-state index contributed by atoms with van der Waals surface area (Å²) in [4.78, 5) is 0. The molecule has 4 rings (SSSR count). The molecule has 0 saturated heterocycles. The number of aromatic nitrogens is 6. The Labute approximate surface area is 173 Å². The van der Waals surface area contributed by atoms with Crippen LogP contribution in [0.2, 0.25) is 5.02 Å². The number of rotatable bonds is 6. The van der Waals surface area contributed by atoms with Crippen LogP contribution >= 0.6 is 38.9 Å². The Hall–Kier alpha value is -2.23. The lowest BCUT2D eigenvalue weighted by atomic mass is 10.2. The molecule has 0 bridgehead atoms. The van der Waals surface area contributed by atoms with Crippen molar-refractivity contribution in [1.29, 1.82) is 0 Å². The van der Waals surface area contributed by atoms with Crippen LogP contribution in [0.1, 0.15) is 23.5 Å². The van der Waals surface area contributed by atoms with Crippen LogP contribution in [0, 0.1) is 0 Å². The maximum absolute atomic E-state index is 6.21. The SMILES string of the molecule is CC(c1nnc(Nc2ccn(Cc3ccccc3Cl)n2)s1)n1cc(Br)cn1. The Bertz CT molecular complexity index is 1060. The van der Waals surface area contributed by atoms with Gasteiger partial charge in [0.15, 0.2) is 5.82 Å². The number of nitrogens with zero attached hydrogens (tertiary/aromatic N) is 6. The largest absolute Gasteiger partial charge is 0.313 e. The van der Waals surface area contributed by atoms with Gasteiger partial charge < -0.3 is 5.32 Å². The number of benzene rings is 1. The smallest absolute Gasteiger partial charge is 0.211 e. The molecule has 0 aliphatic carbocycles. The van der Waals surface area contributed by atoms with Crippen LogP contribution in [-0.2, 0) is 6.54 Å². The van der Waals surface area contributed by atoms with Crippen molar-refractivity contribution in [2.24, 2.45) is 0 Å². The monoisotopic (exact) mass is 463 g/mol. The number of anilines is 2. The van der Waals surface area contributed by atoms with Crippen LogP contribution in [0.15, 0.2) is 53.4 Å². The molecule has 0 saturated carbocycles. The molecule has 138 valence electrons. The molecule has 1 atom stereocenters. The lowest BCUT2D eigenvalue weighted by molar-refractivity contribution is 0.557. The first-order valence-corrected chi connectivity index (χ1v) is 10.1. The van der Waals surface area contributed by atoms with Crippen LogP contribution in [-0.4, -0.2) is 29.8 Å². The summed E-state index contributed by atoms with van der Waals surface area (Å²) in [6.07, 6.45) is 5.56. The van der Waals surface area contributed by atoms with Crippen molar-refractivity contribution in [3.05, 3.63) is 69.0 Å². The minimum Gasteiger partial charge on any atom is -0.313 e. The fourth-order valence-corrected chi connectivity index (χ4v) is 3.81. The van der Waals surface area contributed by atoms with Crippen LogP contribution < -0.4 is 5.32 Å². The Morgan fingerprint density at radius 2 is 2.11 bits per heavy atom. The highest BCUT2D eigenvalue weighted by Gasteiger charge is 2.15. The van der Waals surface area contributed by atoms with E-state index in [0.29, 0.717) is 17.5 Å². The number of nitrogens with one attached hydrogen (secondary N) is 1. The topological polar surface area (TPSA) is 73.5 Å². The zero-order chi connectivity index (χ0) is 18.8. The molecule has 0 amide bonds. The van der Waals surface area contributed by atoms with E-state index in [-0.39, 0.29) is 6.04 Å². The van der Waals surface area contributed by atoms with E-state index in [9.17, 15) is 0 Å². The highest BCUT2D eigenvalue weighted by molar-refractivity contribution is 9.10. The average molecular weight is 465 g/mol. The van der Waals surface area contributed by atoms with Crippen molar-refractivity contribution in [3.63, 3.8) is 0 Å². The fraction of sp³-hybridized carbons (Fsp3) is 0.176. The van der Waals surface area contributed by atoms with Gasteiger partial charge in [-0.15, -0.1) is 10.2 Å².